The average Bonchev–Trinajstić information content (AvgIpc) is 2.00. The van der Waals surface area contributed by atoms with Gasteiger partial charge in [0, 0.05) is 12.1 Å². The van der Waals surface area contributed by atoms with Crippen molar-refractivity contribution in [1.29, 1.82) is 0 Å². The Hall–Kier alpha value is -0.770. The second kappa shape index (κ2) is 5.86. The average molecular weight is 200 g/mol. The predicted octanol–water partition coefficient (Wildman–Crippen LogP) is 0.641. The van der Waals surface area contributed by atoms with E-state index in [1.54, 1.807) is 0 Å². The number of likely N-dealkylation sites (N-methyl/N-ethyl adjacent to an activating group) is 1. The van der Waals surface area contributed by atoms with Crippen molar-refractivity contribution in [2.45, 2.75) is 33.2 Å². The second-order valence-electron chi connectivity index (χ2n) is 4.54. The van der Waals surface area contributed by atoms with Crippen LogP contribution in [0.3, 0.4) is 0 Å². The zero-order chi connectivity index (χ0) is 11.2. The molecule has 14 heavy (non-hydrogen) atoms. The van der Waals surface area contributed by atoms with E-state index in [1.807, 2.05) is 0 Å². The van der Waals surface area contributed by atoms with Gasteiger partial charge in [-0.1, -0.05) is 6.92 Å². The van der Waals surface area contributed by atoms with Gasteiger partial charge in [-0.2, -0.15) is 0 Å². The van der Waals surface area contributed by atoms with Crippen molar-refractivity contribution in [3.05, 3.63) is 0 Å². The van der Waals surface area contributed by atoms with Crippen molar-refractivity contribution in [3.63, 3.8) is 0 Å². The number of guanidine groups is 1. The number of hydrogen-bond donors (Lipinski definition) is 2. The number of nitrogens with two attached hydrogens (primary N) is 1. The monoisotopic (exact) mass is 200 g/mol. The molecule has 84 valence electrons. The van der Waals surface area contributed by atoms with Gasteiger partial charge in [-0.05, 0) is 34.4 Å². The molecule has 0 aliphatic heterocycles. The molecule has 0 saturated carbocycles. The zero-order valence-corrected chi connectivity index (χ0v) is 10.1. The third-order valence-corrected chi connectivity index (χ3v) is 1.81. The van der Waals surface area contributed by atoms with Gasteiger partial charge in [0.15, 0.2) is 5.96 Å². The van der Waals surface area contributed by atoms with E-state index in [4.69, 9.17) is 5.73 Å². The Balaban J connectivity index is 3.78. The predicted molar refractivity (Wildman–Crippen MR) is 62.5 cm³/mol. The molecule has 0 heterocycles. The lowest BCUT2D eigenvalue weighted by molar-refractivity contribution is 0.363. The Kier molecular flexibility index (Phi) is 5.53. The van der Waals surface area contributed by atoms with Gasteiger partial charge in [0.25, 0.3) is 0 Å². The van der Waals surface area contributed by atoms with Gasteiger partial charge >= 0.3 is 0 Å². The summed E-state index contributed by atoms with van der Waals surface area (Å²) in [4.78, 5) is 6.44. The van der Waals surface area contributed by atoms with Gasteiger partial charge in [0.1, 0.15) is 0 Å². The number of nitrogens with zero attached hydrogens (tertiary/aromatic N) is 2. The Bertz CT molecular complexity index is 181. The molecule has 0 saturated heterocycles. The molecular weight excluding hydrogens is 176 g/mol. The summed E-state index contributed by atoms with van der Waals surface area (Å²) in [5.41, 5.74) is 5.70. The summed E-state index contributed by atoms with van der Waals surface area (Å²) >= 11 is 0. The summed E-state index contributed by atoms with van der Waals surface area (Å²) in [6, 6.07) is 0. The summed E-state index contributed by atoms with van der Waals surface area (Å²) in [5.74, 6) is 0.530. The minimum absolute atomic E-state index is 0.00968. The van der Waals surface area contributed by atoms with Crippen molar-refractivity contribution in [3.8, 4) is 0 Å². The fourth-order valence-electron chi connectivity index (χ4n) is 0.923. The molecule has 0 aromatic heterocycles. The Morgan fingerprint density at radius 1 is 1.43 bits per heavy atom. The van der Waals surface area contributed by atoms with Crippen LogP contribution in [0.15, 0.2) is 4.99 Å². The zero-order valence-electron chi connectivity index (χ0n) is 10.1. The van der Waals surface area contributed by atoms with Gasteiger partial charge < -0.3 is 16.0 Å². The van der Waals surface area contributed by atoms with Crippen LogP contribution >= 0.6 is 0 Å². The fourth-order valence-corrected chi connectivity index (χ4v) is 0.923. The van der Waals surface area contributed by atoms with E-state index in [0.29, 0.717) is 5.96 Å². The maximum atomic E-state index is 5.71. The number of rotatable bonds is 4. The third-order valence-electron chi connectivity index (χ3n) is 1.81. The molecule has 3 N–H and O–H groups in total. The first-order chi connectivity index (χ1) is 6.35. The van der Waals surface area contributed by atoms with E-state index < -0.39 is 0 Å². The molecule has 0 bridgehead atoms. The van der Waals surface area contributed by atoms with Crippen molar-refractivity contribution in [2.75, 3.05) is 26.7 Å². The van der Waals surface area contributed by atoms with Crippen LogP contribution in [0.25, 0.3) is 0 Å². The molecule has 0 spiro atoms. The first-order valence-electron chi connectivity index (χ1n) is 5.12. The van der Waals surface area contributed by atoms with Gasteiger partial charge in [-0.3, -0.25) is 4.99 Å². The normalized spacial score (nSPS) is 13.4. The van der Waals surface area contributed by atoms with Gasteiger partial charge in [0.05, 0.1) is 6.54 Å². The van der Waals surface area contributed by atoms with Crippen molar-refractivity contribution in [2.24, 2.45) is 10.7 Å². The van der Waals surface area contributed by atoms with Crippen molar-refractivity contribution >= 4 is 5.96 Å². The lowest BCUT2D eigenvalue weighted by atomic mass is 10.1. The highest BCUT2D eigenvalue weighted by Crippen LogP contribution is 1.96. The minimum atomic E-state index is -0.00968. The lowest BCUT2D eigenvalue weighted by Crippen LogP contribution is -2.45. The van der Waals surface area contributed by atoms with Crippen LogP contribution in [-0.2, 0) is 0 Å². The van der Waals surface area contributed by atoms with Crippen molar-refractivity contribution < 1.29 is 0 Å². The molecule has 0 aliphatic rings. The van der Waals surface area contributed by atoms with Crippen LogP contribution in [0.4, 0.5) is 0 Å². The van der Waals surface area contributed by atoms with E-state index in [2.05, 4.69) is 50.0 Å². The minimum Gasteiger partial charge on any atom is -0.370 e. The summed E-state index contributed by atoms with van der Waals surface area (Å²) in [6.45, 7) is 11.1. The van der Waals surface area contributed by atoms with Crippen LogP contribution in [-0.4, -0.2) is 43.1 Å². The summed E-state index contributed by atoms with van der Waals surface area (Å²) < 4.78 is 0. The maximum absolute atomic E-state index is 5.71. The maximum Gasteiger partial charge on any atom is 0.189 e. The molecule has 0 fully saturated rings. The molecular formula is C10H24N4. The Morgan fingerprint density at radius 3 is 2.43 bits per heavy atom. The molecule has 0 radical (unpaired) electrons. The van der Waals surface area contributed by atoms with Crippen LogP contribution in [0.5, 0.6) is 0 Å². The number of hydrogen-bond acceptors (Lipinski definition) is 2. The highest BCUT2D eigenvalue weighted by Gasteiger charge is 2.09. The SMILES string of the molecule is CCN(C)CCN=C(N)NC(C)(C)C. The quantitative estimate of drug-likeness (QED) is 0.517. The number of nitrogens with one attached hydrogen (secondary N) is 1. The van der Waals surface area contributed by atoms with Gasteiger partial charge in [-0.15, -0.1) is 0 Å². The van der Waals surface area contributed by atoms with E-state index in [1.165, 1.54) is 0 Å². The second-order valence-corrected chi connectivity index (χ2v) is 4.54. The molecule has 0 aromatic rings. The van der Waals surface area contributed by atoms with E-state index in [-0.39, 0.29) is 5.54 Å². The summed E-state index contributed by atoms with van der Waals surface area (Å²) in [6.07, 6.45) is 0. The molecule has 0 aliphatic carbocycles. The Morgan fingerprint density at radius 2 is 2.00 bits per heavy atom. The number of aliphatic imine (C=N–C) groups is 1. The largest absolute Gasteiger partial charge is 0.370 e. The molecule has 0 atom stereocenters. The summed E-state index contributed by atoms with van der Waals surface area (Å²) in [5, 5.41) is 3.12. The van der Waals surface area contributed by atoms with Crippen LogP contribution in [0.2, 0.25) is 0 Å². The van der Waals surface area contributed by atoms with Gasteiger partial charge in [0.2, 0.25) is 0 Å². The Labute approximate surface area is 87.6 Å². The molecule has 0 amide bonds. The van der Waals surface area contributed by atoms with E-state index in [0.717, 1.165) is 19.6 Å². The molecule has 4 nitrogen and oxygen atoms in total. The molecule has 0 aromatic carbocycles. The van der Waals surface area contributed by atoms with Crippen LogP contribution < -0.4 is 11.1 Å². The topological polar surface area (TPSA) is 53.6 Å². The smallest absolute Gasteiger partial charge is 0.189 e. The highest BCUT2D eigenvalue weighted by atomic mass is 15.1. The van der Waals surface area contributed by atoms with Crippen LogP contribution in [0.1, 0.15) is 27.7 Å². The third kappa shape index (κ3) is 7.86. The van der Waals surface area contributed by atoms with E-state index in [9.17, 15) is 0 Å². The molecule has 0 rings (SSSR count). The fraction of sp³-hybridized carbons (Fsp3) is 0.900. The lowest BCUT2D eigenvalue weighted by Gasteiger charge is -2.21. The highest BCUT2D eigenvalue weighted by molar-refractivity contribution is 5.78. The molecule has 4 heteroatoms. The standard InChI is InChI=1S/C10H24N4/c1-6-14(5)8-7-12-9(11)13-10(2,3)4/h6-8H2,1-5H3,(H3,11,12,13). The van der Waals surface area contributed by atoms with Crippen LogP contribution in [0, 0.1) is 0 Å². The molecule has 0 unspecified atom stereocenters. The first-order valence-corrected chi connectivity index (χ1v) is 5.12. The van der Waals surface area contributed by atoms with Gasteiger partial charge in [-0.25, -0.2) is 0 Å². The first kappa shape index (κ1) is 13.2. The van der Waals surface area contributed by atoms with E-state index >= 15 is 0 Å². The van der Waals surface area contributed by atoms with Crippen molar-refractivity contribution in [1.82, 2.24) is 10.2 Å². The summed E-state index contributed by atoms with van der Waals surface area (Å²) in [7, 11) is 2.07.